The molecule has 1 aromatic rings. The van der Waals surface area contributed by atoms with Crippen LogP contribution in [0.1, 0.15) is 0 Å². The number of hydrogen-bond acceptors (Lipinski definition) is 3. The number of amides is 2. The first-order valence-electron chi connectivity index (χ1n) is 4.96. The lowest BCUT2D eigenvalue weighted by molar-refractivity contribution is 0.252. The van der Waals surface area contributed by atoms with Gasteiger partial charge in [0.15, 0.2) is 0 Å². The minimum absolute atomic E-state index is 0.229. The third-order valence-corrected chi connectivity index (χ3v) is 1.91. The molecule has 1 aromatic carbocycles. The molecule has 0 unspecified atom stereocenters. The van der Waals surface area contributed by atoms with E-state index in [1.165, 1.54) is 0 Å². The quantitative estimate of drug-likeness (QED) is 0.353. The fourth-order valence-electron chi connectivity index (χ4n) is 1.11. The molecule has 90 valence electrons. The van der Waals surface area contributed by atoms with Gasteiger partial charge in [-0.1, -0.05) is 5.11 Å². The van der Waals surface area contributed by atoms with E-state index in [1.54, 1.807) is 31.4 Å². The SMILES string of the molecule is COc1ccc(NC(=O)NCCN=[N+]=[N-])cc1. The zero-order chi connectivity index (χ0) is 12.5. The van der Waals surface area contributed by atoms with Crippen LogP contribution in [0.15, 0.2) is 29.4 Å². The van der Waals surface area contributed by atoms with E-state index in [4.69, 9.17) is 10.3 Å². The lowest BCUT2D eigenvalue weighted by Crippen LogP contribution is -2.30. The summed E-state index contributed by atoms with van der Waals surface area (Å²) in [5.41, 5.74) is 8.69. The predicted molar refractivity (Wildman–Crippen MR) is 64.0 cm³/mol. The molecule has 0 aliphatic heterocycles. The van der Waals surface area contributed by atoms with Gasteiger partial charge >= 0.3 is 6.03 Å². The van der Waals surface area contributed by atoms with Gasteiger partial charge < -0.3 is 15.4 Å². The minimum Gasteiger partial charge on any atom is -0.497 e. The molecule has 17 heavy (non-hydrogen) atoms. The van der Waals surface area contributed by atoms with Crippen LogP contribution >= 0.6 is 0 Å². The summed E-state index contributed by atoms with van der Waals surface area (Å²) in [4.78, 5) is 13.9. The number of carbonyl (C=O) groups is 1. The minimum atomic E-state index is -0.344. The first-order valence-corrected chi connectivity index (χ1v) is 4.96. The number of ether oxygens (including phenoxy) is 1. The highest BCUT2D eigenvalue weighted by Gasteiger charge is 2.00. The number of urea groups is 1. The zero-order valence-electron chi connectivity index (χ0n) is 9.38. The third-order valence-electron chi connectivity index (χ3n) is 1.91. The summed E-state index contributed by atoms with van der Waals surface area (Å²) in [7, 11) is 1.57. The summed E-state index contributed by atoms with van der Waals surface area (Å²) < 4.78 is 4.99. The monoisotopic (exact) mass is 235 g/mol. The average molecular weight is 235 g/mol. The van der Waals surface area contributed by atoms with Crippen LogP contribution in [-0.2, 0) is 0 Å². The fraction of sp³-hybridized carbons (Fsp3) is 0.300. The molecular weight excluding hydrogens is 222 g/mol. The molecule has 2 amide bonds. The topological polar surface area (TPSA) is 99.1 Å². The van der Waals surface area contributed by atoms with Gasteiger partial charge in [0.25, 0.3) is 0 Å². The largest absolute Gasteiger partial charge is 0.497 e. The van der Waals surface area contributed by atoms with Gasteiger partial charge in [0.2, 0.25) is 0 Å². The molecule has 0 saturated carbocycles. The van der Waals surface area contributed by atoms with E-state index >= 15 is 0 Å². The predicted octanol–water partition coefficient (Wildman–Crippen LogP) is 2.13. The second kappa shape index (κ2) is 6.97. The Labute approximate surface area is 98.4 Å². The maximum Gasteiger partial charge on any atom is 0.319 e. The van der Waals surface area contributed by atoms with Crippen LogP contribution in [0.4, 0.5) is 10.5 Å². The Balaban J connectivity index is 2.36. The summed E-state index contributed by atoms with van der Waals surface area (Å²) in [6, 6.07) is 6.60. The van der Waals surface area contributed by atoms with Crippen molar-refractivity contribution in [1.82, 2.24) is 5.32 Å². The van der Waals surface area contributed by atoms with Crippen molar-refractivity contribution in [2.75, 3.05) is 25.5 Å². The van der Waals surface area contributed by atoms with Crippen molar-refractivity contribution >= 4 is 11.7 Å². The second-order valence-corrected chi connectivity index (χ2v) is 3.06. The Morgan fingerprint density at radius 1 is 1.47 bits per heavy atom. The summed E-state index contributed by atoms with van der Waals surface area (Å²) in [5.74, 6) is 0.722. The third kappa shape index (κ3) is 4.76. The molecule has 0 bridgehead atoms. The van der Waals surface area contributed by atoms with E-state index in [1.807, 2.05) is 0 Å². The second-order valence-electron chi connectivity index (χ2n) is 3.06. The van der Waals surface area contributed by atoms with Gasteiger partial charge in [0.1, 0.15) is 5.75 Å². The fourth-order valence-corrected chi connectivity index (χ4v) is 1.11. The number of nitrogens with zero attached hydrogens (tertiary/aromatic N) is 3. The smallest absolute Gasteiger partial charge is 0.319 e. The van der Waals surface area contributed by atoms with Gasteiger partial charge in [-0.05, 0) is 29.8 Å². The average Bonchev–Trinajstić information content (AvgIpc) is 2.36. The highest BCUT2D eigenvalue weighted by Crippen LogP contribution is 2.14. The summed E-state index contributed by atoms with van der Waals surface area (Å²) >= 11 is 0. The van der Waals surface area contributed by atoms with Crippen molar-refractivity contribution in [3.63, 3.8) is 0 Å². The normalized spacial score (nSPS) is 9.00. The number of azide groups is 1. The number of nitrogens with one attached hydrogen (secondary N) is 2. The number of benzene rings is 1. The standard InChI is InChI=1S/C10H13N5O2/c1-17-9-4-2-8(3-5-9)14-10(16)12-6-7-13-15-11/h2-5H,6-7H2,1H3,(H2,12,14,16). The van der Waals surface area contributed by atoms with Gasteiger partial charge in [-0.15, -0.1) is 0 Å². The van der Waals surface area contributed by atoms with Crippen LogP contribution in [0.25, 0.3) is 10.4 Å². The molecule has 0 saturated heterocycles. The Morgan fingerprint density at radius 2 is 2.18 bits per heavy atom. The van der Waals surface area contributed by atoms with E-state index in [2.05, 4.69) is 20.7 Å². The van der Waals surface area contributed by atoms with Crippen molar-refractivity contribution in [2.45, 2.75) is 0 Å². The van der Waals surface area contributed by atoms with Gasteiger partial charge in [0.05, 0.1) is 7.11 Å². The van der Waals surface area contributed by atoms with Gasteiger partial charge in [-0.25, -0.2) is 4.79 Å². The van der Waals surface area contributed by atoms with Crippen LogP contribution in [-0.4, -0.2) is 26.2 Å². The highest BCUT2D eigenvalue weighted by atomic mass is 16.5. The maximum absolute atomic E-state index is 11.3. The van der Waals surface area contributed by atoms with E-state index < -0.39 is 0 Å². The van der Waals surface area contributed by atoms with Crippen LogP contribution in [0, 0.1) is 0 Å². The van der Waals surface area contributed by atoms with Crippen molar-refractivity contribution in [2.24, 2.45) is 5.11 Å². The number of methoxy groups -OCH3 is 1. The number of hydrogen-bond donors (Lipinski definition) is 2. The first kappa shape index (κ1) is 12.7. The van der Waals surface area contributed by atoms with Gasteiger partial charge in [-0.2, -0.15) is 0 Å². The zero-order valence-corrected chi connectivity index (χ0v) is 9.38. The lowest BCUT2D eigenvalue weighted by Gasteiger charge is -2.07. The number of anilines is 1. The Morgan fingerprint density at radius 3 is 2.76 bits per heavy atom. The molecule has 7 nitrogen and oxygen atoms in total. The highest BCUT2D eigenvalue weighted by molar-refractivity contribution is 5.89. The molecule has 0 spiro atoms. The molecule has 0 radical (unpaired) electrons. The van der Waals surface area contributed by atoms with Crippen LogP contribution in [0.5, 0.6) is 5.75 Å². The Hall–Kier alpha value is -2.40. The summed E-state index contributed by atoms with van der Waals surface area (Å²) in [6.45, 7) is 0.526. The van der Waals surface area contributed by atoms with Crippen molar-refractivity contribution in [3.05, 3.63) is 34.7 Å². The molecule has 0 atom stereocenters. The van der Waals surface area contributed by atoms with Crippen LogP contribution in [0.3, 0.4) is 0 Å². The van der Waals surface area contributed by atoms with E-state index in [9.17, 15) is 4.79 Å². The van der Waals surface area contributed by atoms with Crippen LogP contribution in [0.2, 0.25) is 0 Å². The molecule has 2 N–H and O–H groups in total. The maximum atomic E-state index is 11.3. The first-order chi connectivity index (χ1) is 8.26. The molecular formula is C10H13N5O2. The molecule has 7 heteroatoms. The molecule has 0 heterocycles. The molecule has 0 aliphatic rings. The summed E-state index contributed by atoms with van der Waals surface area (Å²) in [5, 5.41) is 8.47. The van der Waals surface area contributed by atoms with Crippen molar-refractivity contribution in [3.8, 4) is 5.75 Å². The number of carbonyl (C=O) groups excluding carboxylic acids is 1. The van der Waals surface area contributed by atoms with Crippen molar-refractivity contribution in [1.29, 1.82) is 0 Å². The Bertz CT molecular complexity index is 411. The lowest BCUT2D eigenvalue weighted by atomic mass is 10.3. The van der Waals surface area contributed by atoms with Gasteiger partial charge in [0, 0.05) is 23.7 Å². The Kier molecular flexibility index (Phi) is 5.19. The van der Waals surface area contributed by atoms with Gasteiger partial charge in [-0.3, -0.25) is 0 Å². The number of rotatable bonds is 5. The van der Waals surface area contributed by atoms with Crippen molar-refractivity contribution < 1.29 is 9.53 Å². The molecule has 0 aromatic heterocycles. The van der Waals surface area contributed by atoms with Crippen LogP contribution < -0.4 is 15.4 Å². The molecule has 0 aliphatic carbocycles. The van der Waals surface area contributed by atoms with E-state index in [0.717, 1.165) is 5.75 Å². The van der Waals surface area contributed by atoms with E-state index in [-0.39, 0.29) is 12.6 Å². The molecule has 1 rings (SSSR count). The van der Waals surface area contributed by atoms with E-state index in [0.29, 0.717) is 12.2 Å². The molecule has 0 fully saturated rings. The summed E-state index contributed by atoms with van der Waals surface area (Å²) in [6.07, 6.45) is 0.